The first-order valence-electron chi connectivity index (χ1n) is 13.3. The first-order chi connectivity index (χ1) is 19.6. The maximum absolute atomic E-state index is 13.4. The lowest BCUT2D eigenvalue weighted by atomic mass is 9.99. The molecule has 0 amide bonds. The number of benzene rings is 3. The Morgan fingerprint density at radius 1 is 1.05 bits per heavy atom. The van der Waals surface area contributed by atoms with E-state index in [1.165, 1.54) is 24.3 Å². The van der Waals surface area contributed by atoms with Crippen LogP contribution in [-0.4, -0.2) is 48.3 Å². The van der Waals surface area contributed by atoms with Crippen molar-refractivity contribution in [3.63, 3.8) is 0 Å². The van der Waals surface area contributed by atoms with Gasteiger partial charge in [-0.05, 0) is 94.1 Å². The van der Waals surface area contributed by atoms with E-state index in [0.717, 1.165) is 17.2 Å². The number of hydrogen-bond acceptors (Lipinski definition) is 7. The van der Waals surface area contributed by atoms with Crippen LogP contribution in [0, 0.1) is 6.92 Å². The summed E-state index contributed by atoms with van der Waals surface area (Å²) in [6, 6.07) is 16.3. The predicted molar refractivity (Wildman–Crippen MR) is 162 cm³/mol. The summed E-state index contributed by atoms with van der Waals surface area (Å²) in [5.74, 6) is -1.80. The quantitative estimate of drug-likeness (QED) is 0.190. The molecule has 42 heavy (non-hydrogen) atoms. The van der Waals surface area contributed by atoms with Crippen LogP contribution in [0.2, 0.25) is 5.02 Å². The highest BCUT2D eigenvalue weighted by molar-refractivity contribution is 7.91. The predicted octanol–water partition coefficient (Wildman–Crippen LogP) is 5.54. The van der Waals surface area contributed by atoms with Crippen LogP contribution in [0.25, 0.3) is 6.08 Å². The number of aliphatic carboxylic acids is 1. The van der Waals surface area contributed by atoms with Crippen molar-refractivity contribution >= 4 is 39.5 Å². The van der Waals surface area contributed by atoms with Crippen molar-refractivity contribution in [2.24, 2.45) is 0 Å². The maximum Gasteiger partial charge on any atom is 0.328 e. The molecular weight excluding hydrogens is 578 g/mol. The minimum atomic E-state index is -3.94. The van der Waals surface area contributed by atoms with Gasteiger partial charge in [0.05, 0.1) is 9.79 Å². The van der Waals surface area contributed by atoms with E-state index in [9.17, 15) is 23.1 Å². The third kappa shape index (κ3) is 9.00. The van der Waals surface area contributed by atoms with Crippen molar-refractivity contribution in [3.05, 3.63) is 100 Å². The lowest BCUT2D eigenvalue weighted by Gasteiger charge is -2.30. The molecule has 3 N–H and O–H groups in total. The van der Waals surface area contributed by atoms with Gasteiger partial charge in [-0.15, -0.1) is 0 Å². The van der Waals surface area contributed by atoms with Crippen LogP contribution in [0.3, 0.4) is 0 Å². The molecule has 224 valence electrons. The summed E-state index contributed by atoms with van der Waals surface area (Å²) in [5.41, 5.74) is 1.56. The molecule has 3 aromatic carbocycles. The second-order valence-corrected chi connectivity index (χ2v) is 13.5. The monoisotopic (exact) mass is 613 g/mol. The molecule has 3 aromatic rings. The number of sulfone groups is 1. The van der Waals surface area contributed by atoms with Gasteiger partial charge in [-0.1, -0.05) is 53.6 Å². The third-order valence-electron chi connectivity index (χ3n) is 6.27. The summed E-state index contributed by atoms with van der Waals surface area (Å²) in [5, 5.41) is 23.7. The number of rotatable bonds is 11. The molecule has 0 saturated heterocycles. The summed E-state index contributed by atoms with van der Waals surface area (Å²) >= 11 is 6.10. The number of halogens is 1. The van der Waals surface area contributed by atoms with Gasteiger partial charge in [-0.3, -0.25) is 10.1 Å². The van der Waals surface area contributed by atoms with Crippen molar-refractivity contribution < 1.29 is 33.0 Å². The van der Waals surface area contributed by atoms with E-state index < -0.39 is 39.5 Å². The molecule has 0 heterocycles. The zero-order valence-electron chi connectivity index (χ0n) is 24.2. The standard InChI is InChI=1S/C32H36ClNO7S/c1-20-9-15-27(23(17-20)12-16-28(35)36)42(39,40)26-13-10-22(11-14-26)18-21(2)34-29(31(38)41-32(3,4)5)30(37)24-7-6-8-25(33)19-24/h6-17,19,21,29-30,34,37H,18H2,1-5H3,(H,35,36)/b16-12-/t21-,29?,30-/m1/s1. The number of esters is 1. The molecule has 0 aliphatic carbocycles. The van der Waals surface area contributed by atoms with E-state index in [-0.39, 0.29) is 21.4 Å². The van der Waals surface area contributed by atoms with Crippen LogP contribution in [0.1, 0.15) is 56.1 Å². The average molecular weight is 614 g/mol. The smallest absolute Gasteiger partial charge is 0.328 e. The molecule has 8 nitrogen and oxygen atoms in total. The Bertz CT molecular complexity index is 1560. The van der Waals surface area contributed by atoms with Crippen LogP contribution >= 0.6 is 11.6 Å². The van der Waals surface area contributed by atoms with Crippen molar-refractivity contribution in [2.45, 2.75) is 74.6 Å². The highest BCUT2D eigenvalue weighted by atomic mass is 35.5. The van der Waals surface area contributed by atoms with E-state index in [0.29, 0.717) is 17.0 Å². The fourth-order valence-electron chi connectivity index (χ4n) is 4.39. The van der Waals surface area contributed by atoms with Crippen molar-refractivity contribution in [1.82, 2.24) is 5.32 Å². The zero-order chi connectivity index (χ0) is 31.2. The van der Waals surface area contributed by atoms with E-state index in [1.807, 2.05) is 6.92 Å². The number of aliphatic hydroxyl groups is 1. The molecule has 3 rings (SSSR count). The molecule has 0 spiro atoms. The minimum Gasteiger partial charge on any atom is -0.478 e. The third-order valence-corrected chi connectivity index (χ3v) is 8.35. The number of carbonyl (C=O) groups is 2. The highest BCUT2D eigenvalue weighted by Crippen LogP contribution is 2.27. The second-order valence-electron chi connectivity index (χ2n) is 11.1. The Morgan fingerprint density at radius 3 is 2.31 bits per heavy atom. The minimum absolute atomic E-state index is 0.00332. The van der Waals surface area contributed by atoms with E-state index in [1.54, 1.807) is 76.2 Å². The summed E-state index contributed by atoms with van der Waals surface area (Å²) in [7, 11) is -3.94. The topological polar surface area (TPSA) is 130 Å². The van der Waals surface area contributed by atoms with Gasteiger partial charge in [0.25, 0.3) is 0 Å². The molecule has 0 radical (unpaired) electrons. The summed E-state index contributed by atoms with van der Waals surface area (Å²) in [4.78, 5) is 24.2. The van der Waals surface area contributed by atoms with Gasteiger partial charge in [-0.2, -0.15) is 0 Å². The Balaban J connectivity index is 1.81. The molecule has 0 aliphatic heterocycles. The number of carboxylic acid groups (broad SMARTS) is 1. The molecule has 0 fully saturated rings. The molecule has 3 atom stereocenters. The summed E-state index contributed by atoms with van der Waals surface area (Å²) in [6.45, 7) is 8.87. The Kier molecular flexibility index (Phi) is 10.7. The van der Waals surface area contributed by atoms with Gasteiger partial charge >= 0.3 is 11.9 Å². The second kappa shape index (κ2) is 13.6. The zero-order valence-corrected chi connectivity index (χ0v) is 25.7. The lowest BCUT2D eigenvalue weighted by molar-refractivity contribution is -0.161. The molecule has 1 unspecified atom stereocenters. The SMILES string of the molecule is Cc1ccc(S(=O)(=O)c2ccc(C[C@@H](C)NC(C(=O)OC(C)(C)C)[C@H](O)c3cccc(Cl)c3)cc2)c(/C=C\C(=O)O)c1. The van der Waals surface area contributed by atoms with Crippen LogP contribution in [0.4, 0.5) is 0 Å². The Labute approximate surface area is 251 Å². The van der Waals surface area contributed by atoms with Gasteiger partial charge in [0, 0.05) is 17.1 Å². The number of nitrogens with one attached hydrogen (secondary N) is 1. The molecular formula is C32H36ClNO7S. The number of carbonyl (C=O) groups excluding carboxylic acids is 1. The first kappa shape index (κ1) is 33.0. The van der Waals surface area contributed by atoms with Crippen molar-refractivity contribution in [2.75, 3.05) is 0 Å². The van der Waals surface area contributed by atoms with Gasteiger partial charge in [0.1, 0.15) is 17.7 Å². The molecule has 10 heteroatoms. The summed E-state index contributed by atoms with van der Waals surface area (Å²) < 4.78 is 32.4. The number of hydrogen-bond donors (Lipinski definition) is 3. The van der Waals surface area contributed by atoms with Crippen molar-refractivity contribution in [3.8, 4) is 0 Å². The normalized spacial score (nSPS) is 14.4. The highest BCUT2D eigenvalue weighted by Gasteiger charge is 2.33. The largest absolute Gasteiger partial charge is 0.478 e. The Hall–Kier alpha value is -3.50. The van der Waals surface area contributed by atoms with Gasteiger partial charge in [0.15, 0.2) is 0 Å². The lowest BCUT2D eigenvalue weighted by Crippen LogP contribution is -2.49. The van der Waals surface area contributed by atoms with E-state index in [4.69, 9.17) is 21.4 Å². The fourth-order valence-corrected chi connectivity index (χ4v) is 6.02. The summed E-state index contributed by atoms with van der Waals surface area (Å²) in [6.07, 6.45) is 1.36. The van der Waals surface area contributed by atoms with Gasteiger partial charge in [-0.25, -0.2) is 13.2 Å². The number of ether oxygens (including phenoxy) is 1. The molecule has 0 aromatic heterocycles. The number of aliphatic hydroxyl groups excluding tert-OH is 1. The number of carboxylic acids is 1. The average Bonchev–Trinajstić information content (AvgIpc) is 2.89. The van der Waals surface area contributed by atoms with Crippen LogP contribution < -0.4 is 5.32 Å². The van der Waals surface area contributed by atoms with E-state index >= 15 is 0 Å². The van der Waals surface area contributed by atoms with Crippen LogP contribution in [-0.2, 0) is 30.6 Å². The fraction of sp³-hybridized carbons (Fsp3) is 0.312. The molecule has 0 aliphatic rings. The number of aryl methyl sites for hydroxylation is 1. The van der Waals surface area contributed by atoms with Gasteiger partial charge in [0.2, 0.25) is 9.84 Å². The van der Waals surface area contributed by atoms with E-state index in [2.05, 4.69) is 5.32 Å². The maximum atomic E-state index is 13.4. The first-order valence-corrected chi connectivity index (χ1v) is 15.2. The molecule has 0 bridgehead atoms. The van der Waals surface area contributed by atoms with Crippen LogP contribution in [0.15, 0.2) is 82.6 Å². The van der Waals surface area contributed by atoms with Gasteiger partial charge < -0.3 is 14.9 Å². The van der Waals surface area contributed by atoms with Crippen LogP contribution in [0.5, 0.6) is 0 Å². The molecule has 0 saturated carbocycles. The Morgan fingerprint density at radius 2 is 1.71 bits per heavy atom. The van der Waals surface area contributed by atoms with Crippen molar-refractivity contribution in [1.29, 1.82) is 0 Å².